The molecule has 0 aliphatic carbocycles. The first-order valence-corrected chi connectivity index (χ1v) is 7.64. The Bertz CT molecular complexity index is 782. The third-order valence-corrected chi connectivity index (χ3v) is 3.66. The van der Waals surface area contributed by atoms with Crippen molar-refractivity contribution in [3.05, 3.63) is 48.9 Å². The van der Waals surface area contributed by atoms with E-state index in [-0.39, 0.29) is 23.6 Å². The van der Waals surface area contributed by atoms with Gasteiger partial charge in [-0.25, -0.2) is 4.98 Å². The smallest absolute Gasteiger partial charge is 0.273 e. The van der Waals surface area contributed by atoms with Crippen molar-refractivity contribution in [1.29, 1.82) is 0 Å². The maximum atomic E-state index is 12.4. The van der Waals surface area contributed by atoms with Crippen molar-refractivity contribution in [1.82, 2.24) is 30.2 Å². The second kappa shape index (κ2) is 7.03. The van der Waals surface area contributed by atoms with Crippen LogP contribution < -0.4 is 5.32 Å². The van der Waals surface area contributed by atoms with Gasteiger partial charge in [-0.2, -0.15) is 5.10 Å². The average Bonchev–Trinajstić information content (AvgIpc) is 3.26. The zero-order valence-corrected chi connectivity index (χ0v) is 13.5. The minimum atomic E-state index is -0.285. The van der Waals surface area contributed by atoms with Gasteiger partial charge < -0.3 is 9.84 Å². The van der Waals surface area contributed by atoms with Crippen LogP contribution >= 0.6 is 0 Å². The summed E-state index contributed by atoms with van der Waals surface area (Å²) in [7, 11) is 0. The molecule has 8 nitrogen and oxygen atoms in total. The Morgan fingerprint density at radius 1 is 1.38 bits per heavy atom. The first-order valence-electron chi connectivity index (χ1n) is 7.64. The number of hydrogen-bond donors (Lipinski definition) is 1. The molecule has 124 valence electrons. The van der Waals surface area contributed by atoms with Crippen molar-refractivity contribution in [3.8, 4) is 11.3 Å². The molecule has 0 saturated carbocycles. The molecule has 0 radical (unpaired) electrons. The van der Waals surface area contributed by atoms with Crippen LogP contribution in [0.15, 0.2) is 47.8 Å². The summed E-state index contributed by atoms with van der Waals surface area (Å²) >= 11 is 0. The predicted molar refractivity (Wildman–Crippen MR) is 85.8 cm³/mol. The molecule has 1 amide bonds. The third-order valence-electron chi connectivity index (χ3n) is 3.66. The number of carbonyl (C=O) groups excluding carboxylic acids is 1. The maximum absolute atomic E-state index is 12.4. The summed E-state index contributed by atoms with van der Waals surface area (Å²) in [6.45, 7) is 4.61. The molecule has 0 fully saturated rings. The normalized spacial score (nSPS) is 12.3. The first-order chi connectivity index (χ1) is 11.6. The fraction of sp³-hybridized carbons (Fsp3) is 0.312. The highest BCUT2D eigenvalue weighted by Gasteiger charge is 2.21. The fourth-order valence-corrected chi connectivity index (χ4v) is 2.22. The summed E-state index contributed by atoms with van der Waals surface area (Å²) in [6, 6.07) is 5.15. The highest BCUT2D eigenvalue weighted by molar-refractivity contribution is 5.93. The molecule has 3 aromatic heterocycles. The molecule has 0 aliphatic rings. The molecule has 0 saturated heterocycles. The van der Waals surface area contributed by atoms with Crippen molar-refractivity contribution < 1.29 is 9.32 Å². The lowest BCUT2D eigenvalue weighted by Gasteiger charge is -2.21. The molecule has 0 aliphatic heterocycles. The van der Waals surface area contributed by atoms with Crippen molar-refractivity contribution in [3.63, 3.8) is 0 Å². The van der Waals surface area contributed by atoms with Crippen molar-refractivity contribution in [2.24, 2.45) is 5.92 Å². The second-order valence-electron chi connectivity index (χ2n) is 5.76. The van der Waals surface area contributed by atoms with Gasteiger partial charge >= 0.3 is 0 Å². The minimum absolute atomic E-state index is 0.0993. The molecule has 1 atom stereocenters. The lowest BCUT2D eigenvalue weighted by Crippen LogP contribution is -2.41. The van der Waals surface area contributed by atoms with Crippen molar-refractivity contribution in [2.45, 2.75) is 26.4 Å². The molecule has 0 spiro atoms. The van der Waals surface area contributed by atoms with Crippen molar-refractivity contribution >= 4 is 5.91 Å². The second-order valence-corrected chi connectivity index (χ2v) is 5.76. The highest BCUT2D eigenvalue weighted by atomic mass is 16.5. The number of hydrogen-bond acceptors (Lipinski definition) is 6. The Labute approximate surface area is 138 Å². The Morgan fingerprint density at radius 2 is 2.25 bits per heavy atom. The molecule has 3 aromatic rings. The Hall–Kier alpha value is -3.03. The highest BCUT2D eigenvalue weighted by Crippen LogP contribution is 2.19. The van der Waals surface area contributed by atoms with E-state index in [9.17, 15) is 4.79 Å². The van der Waals surface area contributed by atoms with E-state index in [2.05, 4.69) is 25.5 Å². The molecule has 24 heavy (non-hydrogen) atoms. The largest absolute Gasteiger partial charge is 0.355 e. The summed E-state index contributed by atoms with van der Waals surface area (Å²) < 4.78 is 6.93. The van der Waals surface area contributed by atoms with E-state index < -0.39 is 0 Å². The molecular weight excluding hydrogens is 308 g/mol. The van der Waals surface area contributed by atoms with Gasteiger partial charge in [-0.1, -0.05) is 19.0 Å². The van der Waals surface area contributed by atoms with Gasteiger partial charge in [0.05, 0.1) is 12.6 Å². The van der Waals surface area contributed by atoms with Crippen LogP contribution in [-0.4, -0.2) is 36.9 Å². The number of aromatic nitrogens is 5. The summed E-state index contributed by atoms with van der Waals surface area (Å²) in [6.07, 6.45) is 6.42. The number of carbonyl (C=O) groups is 1. The SMILES string of the molecule is CC(C)[C@H](Cn1cncn1)NC(=O)c1cc(-c2cccnc2)on1. The summed E-state index contributed by atoms with van der Waals surface area (Å²) in [5.41, 5.74) is 1.00. The Kier molecular flexibility index (Phi) is 4.64. The molecule has 8 heteroatoms. The standard InChI is InChI=1S/C16H18N6O2/c1-11(2)14(8-22-10-18-9-19-22)20-16(23)13-6-15(24-21-13)12-4-3-5-17-7-12/h3-7,9-11,14H,8H2,1-2H3,(H,20,23)/t14-/m0/s1. The maximum Gasteiger partial charge on any atom is 0.273 e. The lowest BCUT2D eigenvalue weighted by atomic mass is 10.0. The Balaban J connectivity index is 1.70. The molecule has 1 N–H and O–H groups in total. The van der Waals surface area contributed by atoms with Gasteiger partial charge in [0.1, 0.15) is 12.7 Å². The van der Waals surface area contributed by atoms with Gasteiger partial charge in [0.25, 0.3) is 5.91 Å². The number of nitrogens with zero attached hydrogens (tertiary/aromatic N) is 5. The zero-order chi connectivity index (χ0) is 16.9. The van der Waals surface area contributed by atoms with Gasteiger partial charge in [-0.05, 0) is 18.1 Å². The van der Waals surface area contributed by atoms with Crippen LogP contribution in [0.2, 0.25) is 0 Å². The van der Waals surface area contributed by atoms with E-state index in [0.717, 1.165) is 5.56 Å². The Morgan fingerprint density at radius 3 is 2.92 bits per heavy atom. The molecule has 0 unspecified atom stereocenters. The number of amides is 1. The van der Waals surface area contributed by atoms with E-state index in [4.69, 9.17) is 4.52 Å². The van der Waals surface area contributed by atoms with Crippen LogP contribution in [0, 0.1) is 5.92 Å². The van der Waals surface area contributed by atoms with Gasteiger partial charge in [-0.3, -0.25) is 14.5 Å². The minimum Gasteiger partial charge on any atom is -0.355 e. The van der Waals surface area contributed by atoms with Crippen LogP contribution in [0.25, 0.3) is 11.3 Å². The number of rotatable bonds is 6. The molecule has 0 bridgehead atoms. The van der Waals surface area contributed by atoms with E-state index in [0.29, 0.717) is 12.3 Å². The monoisotopic (exact) mass is 326 g/mol. The van der Waals surface area contributed by atoms with Gasteiger partial charge in [0.15, 0.2) is 11.5 Å². The summed E-state index contributed by atoms with van der Waals surface area (Å²) in [5, 5.41) is 10.9. The number of nitrogens with one attached hydrogen (secondary N) is 1. The summed E-state index contributed by atoms with van der Waals surface area (Å²) in [4.78, 5) is 20.4. The fourth-order valence-electron chi connectivity index (χ4n) is 2.22. The van der Waals surface area contributed by atoms with E-state index in [1.54, 1.807) is 35.5 Å². The molecular formula is C16H18N6O2. The van der Waals surface area contributed by atoms with Crippen molar-refractivity contribution in [2.75, 3.05) is 0 Å². The third kappa shape index (κ3) is 3.65. The average molecular weight is 326 g/mol. The van der Waals surface area contributed by atoms with E-state index in [1.807, 2.05) is 19.9 Å². The first kappa shape index (κ1) is 15.9. The van der Waals surface area contributed by atoms with Crippen LogP contribution in [0.1, 0.15) is 24.3 Å². The quantitative estimate of drug-likeness (QED) is 0.741. The van der Waals surface area contributed by atoms with Gasteiger partial charge in [0.2, 0.25) is 0 Å². The van der Waals surface area contributed by atoms with Gasteiger partial charge in [-0.15, -0.1) is 0 Å². The lowest BCUT2D eigenvalue weighted by molar-refractivity contribution is 0.0910. The van der Waals surface area contributed by atoms with Crippen LogP contribution in [0.4, 0.5) is 0 Å². The molecule has 3 heterocycles. The van der Waals surface area contributed by atoms with Crippen LogP contribution in [0.5, 0.6) is 0 Å². The zero-order valence-electron chi connectivity index (χ0n) is 13.5. The van der Waals surface area contributed by atoms with Gasteiger partial charge in [0, 0.05) is 24.0 Å². The van der Waals surface area contributed by atoms with Crippen LogP contribution in [-0.2, 0) is 6.54 Å². The molecule has 0 aromatic carbocycles. The molecule has 3 rings (SSSR count). The van der Waals surface area contributed by atoms with E-state index in [1.165, 1.54) is 6.33 Å². The van der Waals surface area contributed by atoms with Crippen LogP contribution in [0.3, 0.4) is 0 Å². The number of pyridine rings is 1. The van der Waals surface area contributed by atoms with E-state index >= 15 is 0 Å². The predicted octanol–water partition coefficient (Wildman–Crippen LogP) is 1.78. The summed E-state index contributed by atoms with van der Waals surface area (Å²) in [5.74, 6) is 0.446. The topological polar surface area (TPSA) is 98.7 Å².